The number of benzene rings is 2. The molecule has 0 saturated carbocycles. The Kier molecular flexibility index (Phi) is 4.45. The maximum Gasteiger partial charge on any atom is 0.129 e. The van der Waals surface area contributed by atoms with E-state index in [1.54, 1.807) is 19.2 Å². The highest BCUT2D eigenvalue weighted by Crippen LogP contribution is 2.36. The molecule has 1 atom stereocenters. The van der Waals surface area contributed by atoms with Crippen molar-refractivity contribution in [3.8, 4) is 5.75 Å². The van der Waals surface area contributed by atoms with Crippen LogP contribution in [0.2, 0.25) is 0 Å². The van der Waals surface area contributed by atoms with E-state index in [9.17, 15) is 4.39 Å². The van der Waals surface area contributed by atoms with Crippen LogP contribution >= 0.6 is 15.9 Å². The molecule has 4 heteroatoms. The summed E-state index contributed by atoms with van der Waals surface area (Å²) in [4.78, 5) is 0. The van der Waals surface area contributed by atoms with Crippen molar-refractivity contribution in [3.63, 3.8) is 0 Å². The van der Waals surface area contributed by atoms with E-state index in [1.807, 2.05) is 26.0 Å². The molecule has 0 heterocycles. The minimum absolute atomic E-state index is 0.327. The maximum atomic E-state index is 14.1. The fourth-order valence-electron chi connectivity index (χ4n) is 2.29. The van der Waals surface area contributed by atoms with Crippen LogP contribution < -0.4 is 10.5 Å². The lowest BCUT2D eigenvalue weighted by atomic mass is 9.94. The molecule has 0 aliphatic heterocycles. The van der Waals surface area contributed by atoms with Crippen molar-refractivity contribution in [2.75, 3.05) is 7.11 Å². The predicted octanol–water partition coefficient (Wildman–Crippen LogP) is 4.26. The SMILES string of the molecule is COc1c(C(N)c2c(F)cccc2Br)ccc(C)c1C. The van der Waals surface area contributed by atoms with Crippen molar-refractivity contribution in [3.05, 3.63) is 62.9 Å². The second-order valence-corrected chi connectivity index (χ2v) is 5.60. The van der Waals surface area contributed by atoms with E-state index in [2.05, 4.69) is 15.9 Å². The van der Waals surface area contributed by atoms with Crippen molar-refractivity contribution >= 4 is 15.9 Å². The Morgan fingerprint density at radius 2 is 1.90 bits per heavy atom. The third-order valence-electron chi connectivity index (χ3n) is 3.56. The highest BCUT2D eigenvalue weighted by Gasteiger charge is 2.21. The van der Waals surface area contributed by atoms with Gasteiger partial charge in [-0.15, -0.1) is 0 Å². The molecule has 106 valence electrons. The van der Waals surface area contributed by atoms with Gasteiger partial charge in [-0.3, -0.25) is 0 Å². The van der Waals surface area contributed by atoms with Gasteiger partial charge in [0.05, 0.1) is 13.2 Å². The minimum atomic E-state index is -0.583. The lowest BCUT2D eigenvalue weighted by molar-refractivity contribution is 0.403. The van der Waals surface area contributed by atoms with E-state index in [0.29, 0.717) is 15.8 Å². The van der Waals surface area contributed by atoms with Gasteiger partial charge in [0.25, 0.3) is 0 Å². The van der Waals surface area contributed by atoms with Crippen molar-refractivity contribution in [1.29, 1.82) is 0 Å². The van der Waals surface area contributed by atoms with Crippen molar-refractivity contribution in [2.24, 2.45) is 5.73 Å². The van der Waals surface area contributed by atoms with Crippen LogP contribution in [-0.4, -0.2) is 7.11 Å². The summed E-state index contributed by atoms with van der Waals surface area (Å²) < 4.78 is 20.2. The maximum absolute atomic E-state index is 14.1. The van der Waals surface area contributed by atoms with Gasteiger partial charge in [0.1, 0.15) is 11.6 Å². The molecule has 0 aliphatic carbocycles. The number of methoxy groups -OCH3 is 1. The molecule has 2 aromatic rings. The lowest BCUT2D eigenvalue weighted by Crippen LogP contribution is -2.16. The summed E-state index contributed by atoms with van der Waals surface area (Å²) in [7, 11) is 1.61. The third-order valence-corrected chi connectivity index (χ3v) is 4.25. The standard InChI is InChI=1S/C16H17BrFNO/c1-9-7-8-11(16(20-3)10(9)2)15(19)14-12(17)5-4-6-13(14)18/h4-8,15H,19H2,1-3H3. The van der Waals surface area contributed by atoms with Gasteiger partial charge in [-0.2, -0.15) is 0 Å². The molecule has 2 nitrogen and oxygen atoms in total. The third kappa shape index (κ3) is 2.58. The minimum Gasteiger partial charge on any atom is -0.496 e. The average molecular weight is 338 g/mol. The summed E-state index contributed by atoms with van der Waals surface area (Å²) in [5.41, 5.74) is 9.62. The Morgan fingerprint density at radius 1 is 1.20 bits per heavy atom. The molecular formula is C16H17BrFNO. The van der Waals surface area contributed by atoms with Crippen LogP contribution in [0.3, 0.4) is 0 Å². The Balaban J connectivity index is 2.60. The van der Waals surface area contributed by atoms with E-state index in [1.165, 1.54) is 6.07 Å². The van der Waals surface area contributed by atoms with Gasteiger partial charge < -0.3 is 10.5 Å². The number of nitrogens with two attached hydrogens (primary N) is 1. The average Bonchev–Trinajstić information content (AvgIpc) is 2.41. The van der Waals surface area contributed by atoms with E-state index in [0.717, 1.165) is 16.7 Å². The molecule has 0 aromatic heterocycles. The Morgan fingerprint density at radius 3 is 2.50 bits per heavy atom. The number of hydrogen-bond acceptors (Lipinski definition) is 2. The summed E-state index contributed by atoms with van der Waals surface area (Å²) in [5.74, 6) is 0.389. The first-order chi connectivity index (χ1) is 9.47. The van der Waals surface area contributed by atoms with Crippen LogP contribution in [0.15, 0.2) is 34.8 Å². The number of aryl methyl sites for hydroxylation is 1. The summed E-state index contributed by atoms with van der Waals surface area (Å²) in [6.07, 6.45) is 0. The van der Waals surface area contributed by atoms with E-state index in [-0.39, 0.29) is 5.82 Å². The molecule has 0 spiro atoms. The van der Waals surface area contributed by atoms with E-state index >= 15 is 0 Å². The van der Waals surface area contributed by atoms with Gasteiger partial charge in [-0.05, 0) is 37.1 Å². The summed E-state index contributed by atoms with van der Waals surface area (Å²) in [6, 6.07) is 8.12. The summed E-state index contributed by atoms with van der Waals surface area (Å²) >= 11 is 3.36. The van der Waals surface area contributed by atoms with Crippen LogP contribution in [-0.2, 0) is 0 Å². The summed E-state index contributed by atoms with van der Waals surface area (Å²) in [6.45, 7) is 3.98. The van der Waals surface area contributed by atoms with Crippen molar-refractivity contribution in [2.45, 2.75) is 19.9 Å². The monoisotopic (exact) mass is 337 g/mol. The number of hydrogen-bond donors (Lipinski definition) is 1. The molecule has 0 aliphatic rings. The molecular weight excluding hydrogens is 321 g/mol. The Labute approximate surface area is 126 Å². The molecule has 0 bridgehead atoms. The zero-order chi connectivity index (χ0) is 14.9. The molecule has 2 aromatic carbocycles. The second kappa shape index (κ2) is 5.94. The first-order valence-corrected chi connectivity index (χ1v) is 7.10. The van der Waals surface area contributed by atoms with Gasteiger partial charge in [-0.1, -0.05) is 34.1 Å². The zero-order valence-corrected chi connectivity index (χ0v) is 13.3. The Bertz CT molecular complexity index is 622. The molecule has 20 heavy (non-hydrogen) atoms. The Hall–Kier alpha value is -1.39. The van der Waals surface area contributed by atoms with Crippen LogP contribution in [0.25, 0.3) is 0 Å². The highest BCUT2D eigenvalue weighted by atomic mass is 79.9. The number of ether oxygens (including phenoxy) is 1. The number of rotatable bonds is 3. The van der Waals surface area contributed by atoms with Gasteiger partial charge >= 0.3 is 0 Å². The first kappa shape index (κ1) is 15.0. The van der Waals surface area contributed by atoms with E-state index < -0.39 is 6.04 Å². The highest BCUT2D eigenvalue weighted by molar-refractivity contribution is 9.10. The molecule has 0 fully saturated rings. The van der Waals surface area contributed by atoms with Crippen LogP contribution in [0.5, 0.6) is 5.75 Å². The van der Waals surface area contributed by atoms with Crippen molar-refractivity contribution < 1.29 is 9.13 Å². The zero-order valence-electron chi connectivity index (χ0n) is 11.7. The molecule has 0 saturated heterocycles. The molecule has 0 amide bonds. The topological polar surface area (TPSA) is 35.2 Å². The molecule has 1 unspecified atom stereocenters. The number of halogens is 2. The van der Waals surface area contributed by atoms with Gasteiger partial charge in [0, 0.05) is 15.6 Å². The first-order valence-electron chi connectivity index (χ1n) is 6.31. The fraction of sp³-hybridized carbons (Fsp3) is 0.250. The second-order valence-electron chi connectivity index (χ2n) is 4.74. The molecule has 0 radical (unpaired) electrons. The molecule has 2 rings (SSSR count). The van der Waals surface area contributed by atoms with Crippen LogP contribution in [0.1, 0.15) is 28.3 Å². The summed E-state index contributed by atoms with van der Waals surface area (Å²) in [5, 5.41) is 0. The normalized spacial score (nSPS) is 12.3. The van der Waals surface area contributed by atoms with Gasteiger partial charge in [-0.25, -0.2) is 4.39 Å². The van der Waals surface area contributed by atoms with Crippen LogP contribution in [0.4, 0.5) is 4.39 Å². The van der Waals surface area contributed by atoms with Gasteiger partial charge in [0.2, 0.25) is 0 Å². The van der Waals surface area contributed by atoms with Crippen LogP contribution in [0, 0.1) is 19.7 Å². The molecule has 2 N–H and O–H groups in total. The van der Waals surface area contributed by atoms with Crippen molar-refractivity contribution in [1.82, 2.24) is 0 Å². The quantitative estimate of drug-likeness (QED) is 0.907. The lowest BCUT2D eigenvalue weighted by Gasteiger charge is -2.20. The van der Waals surface area contributed by atoms with E-state index in [4.69, 9.17) is 10.5 Å². The van der Waals surface area contributed by atoms with Gasteiger partial charge in [0.15, 0.2) is 0 Å². The fourth-order valence-corrected chi connectivity index (χ4v) is 2.88. The largest absolute Gasteiger partial charge is 0.496 e. The smallest absolute Gasteiger partial charge is 0.129 e. The predicted molar refractivity (Wildman–Crippen MR) is 82.6 cm³/mol.